The topological polar surface area (TPSA) is 192 Å². The fraction of sp³-hybridized carbons (Fsp3) is 0.653. The Morgan fingerprint density at radius 3 is 1.45 bits per heavy atom. The minimum Gasteiger partial charge on any atom is -0.457 e. The smallest absolute Gasteiger partial charge is 0.457 e. The Bertz CT molecular complexity index is 1390. The molecule has 6 atom stereocenters. The van der Waals surface area contributed by atoms with Crippen LogP contribution in [0.4, 0.5) is 0 Å². The van der Waals surface area contributed by atoms with E-state index in [4.69, 9.17) is 18.5 Å². The lowest BCUT2D eigenvalue weighted by atomic mass is 9.85. The van der Waals surface area contributed by atoms with E-state index in [1.54, 1.807) is 0 Å². The molecule has 0 saturated heterocycles. The van der Waals surface area contributed by atoms with Crippen molar-refractivity contribution in [3.63, 3.8) is 0 Å². The highest BCUT2D eigenvalue weighted by Gasteiger charge is 2.51. The van der Waals surface area contributed by atoms with Gasteiger partial charge in [-0.05, 0) is 89.9 Å². The Kier molecular flexibility index (Phi) is 35.7. The van der Waals surface area contributed by atoms with Gasteiger partial charge in [0.05, 0.1) is 13.2 Å². The molecule has 6 unspecified atom stereocenters. The van der Waals surface area contributed by atoms with Crippen molar-refractivity contribution in [1.82, 2.24) is 0 Å². The number of esters is 1. The van der Waals surface area contributed by atoms with Crippen molar-refractivity contribution in [2.75, 3.05) is 19.8 Å². The highest BCUT2D eigenvalue weighted by molar-refractivity contribution is 7.47. The van der Waals surface area contributed by atoms with Gasteiger partial charge in [-0.15, -0.1) is 0 Å². The highest BCUT2D eigenvalue weighted by Crippen LogP contribution is 2.47. The molecular weight excluding hydrogens is 812 g/mol. The first-order valence-electron chi connectivity index (χ1n) is 23.1. The number of hydrogen-bond acceptors (Lipinski definition) is 11. The normalized spacial score (nSPS) is 22.9. The van der Waals surface area contributed by atoms with Gasteiger partial charge in [-0.1, -0.05) is 143 Å². The lowest BCUT2D eigenvalue weighted by Gasteiger charge is -2.41. The molecule has 0 bridgehead atoms. The van der Waals surface area contributed by atoms with E-state index in [9.17, 15) is 39.8 Å². The van der Waals surface area contributed by atoms with Crippen LogP contribution in [0.15, 0.2) is 97.2 Å². The Hall–Kier alpha value is -2.74. The van der Waals surface area contributed by atoms with Crippen LogP contribution in [0.2, 0.25) is 0 Å². The van der Waals surface area contributed by atoms with Gasteiger partial charge in [-0.2, -0.15) is 0 Å². The third kappa shape index (κ3) is 30.4. The second-order valence-electron chi connectivity index (χ2n) is 15.5. The lowest BCUT2D eigenvalue weighted by Crippen LogP contribution is -2.64. The zero-order valence-corrected chi connectivity index (χ0v) is 38.5. The van der Waals surface area contributed by atoms with Gasteiger partial charge in [0.2, 0.25) is 0 Å². The van der Waals surface area contributed by atoms with Crippen molar-refractivity contribution in [2.24, 2.45) is 0 Å². The van der Waals surface area contributed by atoms with Crippen LogP contribution in [-0.4, -0.2) is 98.9 Å². The molecule has 6 N–H and O–H groups in total. The van der Waals surface area contributed by atoms with Gasteiger partial charge in [-0.3, -0.25) is 13.8 Å². The summed E-state index contributed by atoms with van der Waals surface area (Å²) in [6, 6.07) is 0. The largest absolute Gasteiger partial charge is 0.472 e. The molecule has 0 aliphatic heterocycles. The van der Waals surface area contributed by atoms with Crippen molar-refractivity contribution in [3.8, 4) is 0 Å². The molecular formula is C49H81O12P. The van der Waals surface area contributed by atoms with E-state index in [1.807, 2.05) is 0 Å². The molecule has 13 heteroatoms. The van der Waals surface area contributed by atoms with E-state index < -0.39 is 63.1 Å². The number of carbonyl (C=O) groups excluding carboxylic acids is 1. The molecule has 1 rings (SSSR count). The Labute approximate surface area is 373 Å². The molecule has 0 aromatic heterocycles. The van der Waals surface area contributed by atoms with Crippen LogP contribution in [0.5, 0.6) is 0 Å². The number of aliphatic hydroxyl groups is 5. The molecule has 12 nitrogen and oxygen atoms in total. The number of hydrogen-bond donors (Lipinski definition) is 6. The molecule has 0 spiro atoms. The monoisotopic (exact) mass is 893 g/mol. The number of carbonyl (C=O) groups is 1. The van der Waals surface area contributed by atoms with Gasteiger partial charge in [0.15, 0.2) is 0 Å². The summed E-state index contributed by atoms with van der Waals surface area (Å²) in [6.45, 7) is 3.96. The third-order valence-electron chi connectivity index (χ3n) is 9.92. The molecule has 1 saturated carbocycles. The number of phosphoric ester groups is 1. The van der Waals surface area contributed by atoms with Gasteiger partial charge in [0.1, 0.15) is 42.7 Å². The maximum Gasteiger partial charge on any atom is 0.472 e. The minimum atomic E-state index is -5.04. The summed E-state index contributed by atoms with van der Waals surface area (Å²) in [5.41, 5.74) is 0. The molecule has 1 aliphatic carbocycles. The van der Waals surface area contributed by atoms with Gasteiger partial charge in [0, 0.05) is 13.0 Å². The van der Waals surface area contributed by atoms with Crippen LogP contribution in [0, 0.1) is 0 Å². The van der Waals surface area contributed by atoms with Crippen molar-refractivity contribution >= 4 is 13.8 Å². The summed E-state index contributed by atoms with van der Waals surface area (Å²) in [5, 5.41) is 50.2. The number of allylic oxidation sites excluding steroid dienone is 16. The van der Waals surface area contributed by atoms with Crippen LogP contribution < -0.4 is 0 Å². The molecule has 0 amide bonds. The SMILES string of the molecule is CC/C=C\C/C=C\C/C=C\C/C=C\C/C=C\C/C=C\CCCCCOCC(COP(=O)(O)OC1C(O)C(O)C(O)C(O)C1O)OC(=O)CCCCCCC/C=C\C/C=C\CCC. The van der Waals surface area contributed by atoms with Crippen LogP contribution in [-0.2, 0) is 27.9 Å². The van der Waals surface area contributed by atoms with Crippen molar-refractivity contribution < 1.29 is 58.3 Å². The minimum absolute atomic E-state index is 0.112. The number of aliphatic hydroxyl groups excluding tert-OH is 5. The standard InChI is InChI=1S/C49H81O12P/c1-3-5-7-9-11-13-15-17-18-19-20-21-22-23-24-25-27-29-31-33-35-37-39-58-40-42(41-59-62(56,57)61-49-47(54)45(52)44(51)46(53)48(49)55)60-43(50)38-36-34-32-30-28-26-16-14-12-10-8-6-4-2/h5,7-8,10-11,13-14,16-18,20-21,23-24,27,29,42,44-49,51-55H,3-4,6,9,12,15,19,22,25-26,28,30-41H2,1-2H3,(H,56,57)/b7-5-,10-8-,13-11-,16-14-,18-17-,21-20-,24-23-,29-27-. The van der Waals surface area contributed by atoms with Crippen LogP contribution in [0.1, 0.15) is 142 Å². The predicted molar refractivity (Wildman–Crippen MR) is 248 cm³/mol. The zero-order chi connectivity index (χ0) is 45.5. The average Bonchev–Trinajstić information content (AvgIpc) is 3.26. The molecule has 354 valence electrons. The first kappa shape index (κ1) is 57.3. The van der Waals surface area contributed by atoms with E-state index in [1.165, 1.54) is 0 Å². The molecule has 0 heterocycles. The Morgan fingerprint density at radius 2 is 0.952 bits per heavy atom. The molecule has 1 fully saturated rings. The molecule has 0 aromatic carbocycles. The fourth-order valence-corrected chi connectivity index (χ4v) is 7.25. The van der Waals surface area contributed by atoms with Crippen molar-refractivity contribution in [2.45, 2.75) is 185 Å². The maximum atomic E-state index is 12.8. The first-order valence-corrected chi connectivity index (χ1v) is 24.6. The van der Waals surface area contributed by atoms with E-state index in [0.717, 1.165) is 116 Å². The zero-order valence-electron chi connectivity index (χ0n) is 37.6. The molecule has 0 radical (unpaired) electrons. The van der Waals surface area contributed by atoms with E-state index >= 15 is 0 Å². The molecule has 0 aromatic rings. The summed E-state index contributed by atoms with van der Waals surface area (Å²) < 4.78 is 34.1. The van der Waals surface area contributed by atoms with E-state index in [-0.39, 0.29) is 13.0 Å². The summed E-state index contributed by atoms with van der Waals surface area (Å²) in [7, 11) is -5.04. The number of phosphoric acid groups is 1. The fourth-order valence-electron chi connectivity index (χ4n) is 6.28. The Balaban J connectivity index is 2.43. The number of ether oxygens (including phenoxy) is 2. The Morgan fingerprint density at radius 1 is 0.532 bits per heavy atom. The summed E-state index contributed by atoms with van der Waals surface area (Å²) in [4.78, 5) is 23.1. The highest BCUT2D eigenvalue weighted by atomic mass is 31.2. The van der Waals surface area contributed by atoms with E-state index in [0.29, 0.717) is 13.0 Å². The number of unbranched alkanes of at least 4 members (excludes halogenated alkanes) is 9. The lowest BCUT2D eigenvalue weighted by molar-refractivity contribution is -0.220. The summed E-state index contributed by atoms with van der Waals surface area (Å²) in [6.07, 6.45) is 40.5. The van der Waals surface area contributed by atoms with Crippen LogP contribution >= 0.6 is 7.82 Å². The van der Waals surface area contributed by atoms with Crippen molar-refractivity contribution in [1.29, 1.82) is 0 Å². The average molecular weight is 893 g/mol. The second kappa shape index (κ2) is 38.7. The van der Waals surface area contributed by atoms with E-state index in [2.05, 4.69) is 111 Å². The maximum absolute atomic E-state index is 12.8. The number of rotatable bonds is 37. The summed E-state index contributed by atoms with van der Waals surface area (Å²) >= 11 is 0. The molecule has 62 heavy (non-hydrogen) atoms. The third-order valence-corrected chi connectivity index (χ3v) is 10.9. The molecule has 1 aliphatic rings. The second-order valence-corrected chi connectivity index (χ2v) is 16.9. The first-order chi connectivity index (χ1) is 30.0. The quantitative estimate of drug-likeness (QED) is 0.0150. The van der Waals surface area contributed by atoms with Gasteiger partial charge in [0.25, 0.3) is 0 Å². The van der Waals surface area contributed by atoms with Gasteiger partial charge >= 0.3 is 13.8 Å². The predicted octanol–water partition coefficient (Wildman–Crippen LogP) is 9.53. The van der Waals surface area contributed by atoms with Gasteiger partial charge in [-0.25, -0.2) is 4.57 Å². The van der Waals surface area contributed by atoms with Gasteiger partial charge < -0.3 is 39.9 Å². The van der Waals surface area contributed by atoms with Crippen molar-refractivity contribution in [3.05, 3.63) is 97.2 Å². The summed E-state index contributed by atoms with van der Waals surface area (Å²) in [5.74, 6) is -0.510. The van der Waals surface area contributed by atoms with Crippen LogP contribution in [0.3, 0.4) is 0 Å². The van der Waals surface area contributed by atoms with Crippen LogP contribution in [0.25, 0.3) is 0 Å².